The van der Waals surface area contributed by atoms with Crippen molar-refractivity contribution in [2.75, 3.05) is 11.9 Å². The molecule has 1 aromatic carbocycles. The van der Waals surface area contributed by atoms with Gasteiger partial charge in [0.15, 0.2) is 0 Å². The van der Waals surface area contributed by atoms with E-state index < -0.39 is 0 Å². The number of hydrogen-bond acceptors (Lipinski definition) is 2. The molecule has 0 aromatic heterocycles. The maximum Gasteiger partial charge on any atom is 0.101 e. The molecule has 2 rings (SSSR count). The average molecular weight is 249 g/mol. The molecule has 1 saturated carbocycles. The summed E-state index contributed by atoms with van der Waals surface area (Å²) in [4.78, 5) is 0. The monoisotopic (exact) mass is 248 g/mol. The lowest BCUT2D eigenvalue weighted by Crippen LogP contribution is -2.17. The topological polar surface area (TPSA) is 35.8 Å². The van der Waals surface area contributed by atoms with Gasteiger partial charge in [-0.2, -0.15) is 5.26 Å². The second-order valence-corrected chi connectivity index (χ2v) is 5.10. The van der Waals surface area contributed by atoms with Crippen molar-refractivity contribution in [1.82, 2.24) is 0 Å². The normalized spacial score (nSPS) is 16.5. The smallest absolute Gasteiger partial charge is 0.101 e. The van der Waals surface area contributed by atoms with Crippen molar-refractivity contribution >= 4 is 17.3 Å². The van der Waals surface area contributed by atoms with Crippen LogP contribution in [0.5, 0.6) is 0 Å². The number of hydrogen-bond donors (Lipinski definition) is 1. The fraction of sp³-hybridized carbons (Fsp3) is 0.500. The van der Waals surface area contributed by atoms with Gasteiger partial charge in [0.2, 0.25) is 0 Å². The fourth-order valence-corrected chi connectivity index (χ4v) is 2.59. The molecule has 1 fully saturated rings. The van der Waals surface area contributed by atoms with Crippen LogP contribution in [0.25, 0.3) is 0 Å². The van der Waals surface area contributed by atoms with Gasteiger partial charge in [0.05, 0.1) is 10.6 Å². The standard InChI is InChI=1S/C14H17ClN2/c15-14-8-13(7-6-12(14)9-16)17-10-11-4-2-1-3-5-11/h6-8,11,17H,1-5,10H2. The third kappa shape index (κ3) is 3.38. The highest BCUT2D eigenvalue weighted by molar-refractivity contribution is 6.32. The summed E-state index contributed by atoms with van der Waals surface area (Å²) in [6, 6.07) is 7.60. The molecule has 90 valence electrons. The van der Waals surface area contributed by atoms with Crippen molar-refractivity contribution in [3.8, 4) is 6.07 Å². The number of anilines is 1. The Kier molecular flexibility index (Phi) is 4.28. The summed E-state index contributed by atoms with van der Waals surface area (Å²) in [6.07, 6.45) is 6.77. The van der Waals surface area contributed by atoms with Crippen molar-refractivity contribution in [3.05, 3.63) is 28.8 Å². The van der Waals surface area contributed by atoms with E-state index in [2.05, 4.69) is 11.4 Å². The molecule has 0 radical (unpaired) electrons. The van der Waals surface area contributed by atoms with Gasteiger partial charge in [-0.3, -0.25) is 0 Å². The lowest BCUT2D eigenvalue weighted by Gasteiger charge is -2.22. The van der Waals surface area contributed by atoms with Gasteiger partial charge < -0.3 is 5.32 Å². The van der Waals surface area contributed by atoms with Crippen molar-refractivity contribution in [2.24, 2.45) is 5.92 Å². The zero-order chi connectivity index (χ0) is 12.1. The number of halogens is 1. The molecule has 0 bridgehead atoms. The average Bonchev–Trinajstić information content (AvgIpc) is 2.38. The van der Waals surface area contributed by atoms with E-state index in [1.165, 1.54) is 32.1 Å². The number of nitrogens with one attached hydrogen (secondary N) is 1. The van der Waals surface area contributed by atoms with Crippen LogP contribution in [0.2, 0.25) is 5.02 Å². The highest BCUT2D eigenvalue weighted by Crippen LogP contribution is 2.25. The summed E-state index contributed by atoms with van der Waals surface area (Å²) in [5.41, 5.74) is 1.55. The zero-order valence-corrected chi connectivity index (χ0v) is 10.6. The Balaban J connectivity index is 1.90. The van der Waals surface area contributed by atoms with Gasteiger partial charge in [-0.25, -0.2) is 0 Å². The third-order valence-electron chi connectivity index (χ3n) is 3.41. The minimum atomic E-state index is 0.529. The summed E-state index contributed by atoms with van der Waals surface area (Å²) < 4.78 is 0. The maximum atomic E-state index is 8.79. The van der Waals surface area contributed by atoms with Gasteiger partial charge in [-0.05, 0) is 37.0 Å². The molecule has 0 amide bonds. The van der Waals surface area contributed by atoms with Crippen LogP contribution in [0.3, 0.4) is 0 Å². The van der Waals surface area contributed by atoms with E-state index in [1.54, 1.807) is 6.07 Å². The Bertz CT molecular complexity index is 417. The molecule has 1 aromatic rings. The van der Waals surface area contributed by atoms with E-state index in [1.807, 2.05) is 12.1 Å². The van der Waals surface area contributed by atoms with Gasteiger partial charge in [0, 0.05) is 12.2 Å². The van der Waals surface area contributed by atoms with Crippen LogP contribution in [0.15, 0.2) is 18.2 Å². The van der Waals surface area contributed by atoms with Gasteiger partial charge >= 0.3 is 0 Å². The second-order valence-electron chi connectivity index (χ2n) is 4.69. The van der Waals surface area contributed by atoms with Crippen LogP contribution in [0, 0.1) is 17.2 Å². The zero-order valence-electron chi connectivity index (χ0n) is 9.88. The Morgan fingerprint density at radius 1 is 1.29 bits per heavy atom. The largest absolute Gasteiger partial charge is 0.385 e. The molecule has 0 spiro atoms. The Morgan fingerprint density at radius 2 is 2.06 bits per heavy atom. The summed E-state index contributed by atoms with van der Waals surface area (Å²) in [5, 5.41) is 12.7. The number of rotatable bonds is 3. The van der Waals surface area contributed by atoms with Gasteiger partial charge in [-0.1, -0.05) is 30.9 Å². The van der Waals surface area contributed by atoms with Crippen LogP contribution < -0.4 is 5.32 Å². The molecule has 0 saturated heterocycles. The molecule has 1 N–H and O–H groups in total. The Labute approximate surface area is 108 Å². The predicted octanol–water partition coefficient (Wildman–Crippen LogP) is 4.20. The van der Waals surface area contributed by atoms with E-state index in [-0.39, 0.29) is 0 Å². The first kappa shape index (κ1) is 12.3. The molecule has 2 nitrogen and oxygen atoms in total. The van der Waals surface area contributed by atoms with Crippen LogP contribution in [0.1, 0.15) is 37.7 Å². The van der Waals surface area contributed by atoms with Crippen LogP contribution in [0.4, 0.5) is 5.69 Å². The first-order valence-electron chi connectivity index (χ1n) is 6.23. The molecule has 1 aliphatic rings. The van der Waals surface area contributed by atoms with Crippen molar-refractivity contribution in [1.29, 1.82) is 5.26 Å². The van der Waals surface area contributed by atoms with Crippen molar-refractivity contribution in [3.63, 3.8) is 0 Å². The predicted molar refractivity (Wildman–Crippen MR) is 71.2 cm³/mol. The molecule has 3 heteroatoms. The van der Waals surface area contributed by atoms with Gasteiger partial charge in [0.25, 0.3) is 0 Å². The van der Waals surface area contributed by atoms with Crippen LogP contribution >= 0.6 is 11.6 Å². The quantitative estimate of drug-likeness (QED) is 0.870. The molecule has 0 heterocycles. The highest BCUT2D eigenvalue weighted by atomic mass is 35.5. The molecule has 0 aliphatic heterocycles. The van der Waals surface area contributed by atoms with E-state index in [9.17, 15) is 0 Å². The fourth-order valence-electron chi connectivity index (χ4n) is 2.37. The highest BCUT2D eigenvalue weighted by Gasteiger charge is 2.12. The van der Waals surface area contributed by atoms with E-state index in [0.717, 1.165) is 18.2 Å². The summed E-state index contributed by atoms with van der Waals surface area (Å²) >= 11 is 5.99. The maximum absolute atomic E-state index is 8.79. The Hall–Kier alpha value is -1.20. The first-order chi connectivity index (χ1) is 8.29. The Morgan fingerprint density at radius 3 is 2.71 bits per heavy atom. The summed E-state index contributed by atoms with van der Waals surface area (Å²) in [5.74, 6) is 0.790. The third-order valence-corrected chi connectivity index (χ3v) is 3.72. The van der Waals surface area contributed by atoms with E-state index in [0.29, 0.717) is 10.6 Å². The van der Waals surface area contributed by atoms with E-state index >= 15 is 0 Å². The molecular weight excluding hydrogens is 232 g/mol. The lowest BCUT2D eigenvalue weighted by atomic mass is 9.89. The van der Waals surface area contributed by atoms with Gasteiger partial charge in [0.1, 0.15) is 6.07 Å². The summed E-state index contributed by atoms with van der Waals surface area (Å²) in [7, 11) is 0. The number of benzene rings is 1. The SMILES string of the molecule is N#Cc1ccc(NCC2CCCCC2)cc1Cl. The second kappa shape index (κ2) is 5.93. The minimum absolute atomic E-state index is 0.529. The lowest BCUT2D eigenvalue weighted by molar-refractivity contribution is 0.373. The van der Waals surface area contributed by atoms with Crippen molar-refractivity contribution < 1.29 is 0 Å². The minimum Gasteiger partial charge on any atom is -0.385 e. The number of nitrogens with zero attached hydrogens (tertiary/aromatic N) is 1. The molecule has 17 heavy (non-hydrogen) atoms. The molecule has 0 unspecified atom stereocenters. The molecule has 0 atom stereocenters. The molecule has 1 aliphatic carbocycles. The summed E-state index contributed by atoms with van der Waals surface area (Å²) in [6.45, 7) is 1.02. The first-order valence-corrected chi connectivity index (χ1v) is 6.61. The van der Waals surface area contributed by atoms with Crippen LogP contribution in [-0.4, -0.2) is 6.54 Å². The van der Waals surface area contributed by atoms with Gasteiger partial charge in [-0.15, -0.1) is 0 Å². The number of nitriles is 1. The van der Waals surface area contributed by atoms with Crippen LogP contribution in [-0.2, 0) is 0 Å². The molecular formula is C14H17ClN2. The van der Waals surface area contributed by atoms with Crippen molar-refractivity contribution in [2.45, 2.75) is 32.1 Å². The van der Waals surface area contributed by atoms with E-state index in [4.69, 9.17) is 16.9 Å².